The highest BCUT2D eigenvalue weighted by Gasteiger charge is 2.34. The Labute approximate surface area is 155 Å². The summed E-state index contributed by atoms with van der Waals surface area (Å²) >= 11 is 1.36. The van der Waals surface area contributed by atoms with Gasteiger partial charge >= 0.3 is 0 Å². The van der Waals surface area contributed by atoms with Crippen LogP contribution >= 0.6 is 11.3 Å². The molecule has 2 aromatic rings. The van der Waals surface area contributed by atoms with Crippen molar-refractivity contribution in [2.45, 2.75) is 39.0 Å². The molecule has 1 aromatic carbocycles. The minimum absolute atomic E-state index is 0.0240. The molecule has 136 valence electrons. The van der Waals surface area contributed by atoms with Gasteiger partial charge in [0.15, 0.2) is 0 Å². The molecule has 26 heavy (non-hydrogen) atoms. The number of rotatable bonds is 8. The first kappa shape index (κ1) is 18.2. The van der Waals surface area contributed by atoms with E-state index in [9.17, 15) is 14.4 Å². The molecule has 7 nitrogen and oxygen atoms in total. The van der Waals surface area contributed by atoms with Crippen LogP contribution in [0.4, 0.5) is 5.13 Å². The zero-order valence-electron chi connectivity index (χ0n) is 14.5. The van der Waals surface area contributed by atoms with Crippen molar-refractivity contribution in [3.05, 3.63) is 40.4 Å². The number of anilines is 1. The average Bonchev–Trinajstić information content (AvgIpc) is 3.17. The molecule has 8 heteroatoms. The Bertz CT molecular complexity index is 798. The number of aromatic nitrogens is 2. The van der Waals surface area contributed by atoms with Crippen molar-refractivity contribution in [2.75, 3.05) is 11.9 Å². The lowest BCUT2D eigenvalue weighted by Gasteiger charge is -2.12. The normalized spacial score (nSPS) is 13.2. The van der Waals surface area contributed by atoms with Crippen LogP contribution < -0.4 is 5.32 Å². The van der Waals surface area contributed by atoms with Crippen molar-refractivity contribution in [1.29, 1.82) is 0 Å². The predicted octanol–water partition coefficient (Wildman–Crippen LogP) is 2.90. The summed E-state index contributed by atoms with van der Waals surface area (Å²) in [6, 6.07) is 6.68. The molecule has 3 amide bonds. The Morgan fingerprint density at radius 1 is 1.12 bits per heavy atom. The second kappa shape index (κ2) is 8.18. The summed E-state index contributed by atoms with van der Waals surface area (Å²) in [5, 5.41) is 12.1. The summed E-state index contributed by atoms with van der Waals surface area (Å²) in [5.41, 5.74) is 0.775. The first-order chi connectivity index (χ1) is 12.6. The molecule has 1 aliphatic heterocycles. The van der Waals surface area contributed by atoms with Gasteiger partial charge in [-0.25, -0.2) is 0 Å². The lowest BCUT2D eigenvalue weighted by Crippen LogP contribution is -2.32. The number of hydrogen-bond donors (Lipinski definition) is 1. The third-order valence-corrected chi connectivity index (χ3v) is 5.05. The summed E-state index contributed by atoms with van der Waals surface area (Å²) in [5.74, 6) is -1.00. The number of imide groups is 1. The minimum atomic E-state index is -0.354. The lowest BCUT2D eigenvalue weighted by molar-refractivity contribution is -0.116. The Kier molecular flexibility index (Phi) is 5.72. The number of hydrogen-bond acceptors (Lipinski definition) is 6. The minimum Gasteiger partial charge on any atom is -0.300 e. The monoisotopic (exact) mass is 372 g/mol. The summed E-state index contributed by atoms with van der Waals surface area (Å²) in [6.07, 6.45) is 4.22. The number of benzene rings is 1. The Morgan fingerprint density at radius 2 is 1.81 bits per heavy atom. The highest BCUT2D eigenvalue weighted by atomic mass is 32.1. The average molecular weight is 372 g/mol. The molecular formula is C18H20N4O3S. The molecule has 0 spiro atoms. The van der Waals surface area contributed by atoms with Crippen LogP contribution in [0.2, 0.25) is 0 Å². The molecular weight excluding hydrogens is 352 g/mol. The molecule has 0 aliphatic carbocycles. The van der Waals surface area contributed by atoms with E-state index in [1.807, 2.05) is 0 Å². The number of nitrogens with one attached hydrogen (secondary N) is 1. The van der Waals surface area contributed by atoms with Gasteiger partial charge in [-0.3, -0.25) is 19.3 Å². The van der Waals surface area contributed by atoms with Gasteiger partial charge in [-0.05, 0) is 18.6 Å². The second-order valence-corrected chi connectivity index (χ2v) is 7.13. The third-order valence-electron chi connectivity index (χ3n) is 4.15. The quantitative estimate of drug-likeness (QED) is 0.568. The number of unbranched alkanes of at least 4 members (excludes halogenated alkanes) is 2. The van der Waals surface area contributed by atoms with Crippen molar-refractivity contribution >= 4 is 34.2 Å². The number of amides is 3. The molecule has 1 aliphatic rings. The van der Waals surface area contributed by atoms with Gasteiger partial charge in [-0.1, -0.05) is 43.2 Å². The maximum Gasteiger partial charge on any atom is 0.261 e. The van der Waals surface area contributed by atoms with Gasteiger partial charge in [0, 0.05) is 19.4 Å². The Balaban J connectivity index is 1.51. The van der Waals surface area contributed by atoms with E-state index in [1.54, 1.807) is 24.3 Å². The molecule has 0 fully saturated rings. The summed E-state index contributed by atoms with van der Waals surface area (Å²) < 4.78 is 0. The van der Waals surface area contributed by atoms with Crippen LogP contribution in [0.15, 0.2) is 24.3 Å². The van der Waals surface area contributed by atoms with Crippen molar-refractivity contribution in [3.8, 4) is 0 Å². The molecule has 0 atom stereocenters. The largest absolute Gasteiger partial charge is 0.300 e. The van der Waals surface area contributed by atoms with Gasteiger partial charge in [0.25, 0.3) is 11.8 Å². The number of aryl methyl sites for hydroxylation is 1. The fraction of sp³-hybridized carbons (Fsp3) is 0.389. The molecule has 3 rings (SSSR count). The van der Waals surface area contributed by atoms with E-state index in [4.69, 9.17) is 0 Å². The zero-order valence-corrected chi connectivity index (χ0v) is 15.3. The van der Waals surface area contributed by atoms with Crippen molar-refractivity contribution in [2.24, 2.45) is 0 Å². The van der Waals surface area contributed by atoms with Crippen LogP contribution in [-0.4, -0.2) is 39.4 Å². The van der Waals surface area contributed by atoms with Crippen LogP contribution in [0, 0.1) is 0 Å². The standard InChI is InChI=1S/C18H20N4O3S/c1-2-3-4-9-15-20-21-18(26-15)19-14(23)10-11-22-16(24)12-7-5-6-8-13(12)17(22)25/h5-8H,2-4,9-11H2,1H3,(H,19,21,23). The molecule has 2 heterocycles. The molecule has 0 radical (unpaired) electrons. The summed E-state index contributed by atoms with van der Waals surface area (Å²) in [7, 11) is 0. The molecule has 1 aromatic heterocycles. The summed E-state index contributed by atoms with van der Waals surface area (Å²) in [4.78, 5) is 37.7. The second-order valence-electron chi connectivity index (χ2n) is 6.06. The number of carbonyl (C=O) groups is 3. The van der Waals surface area contributed by atoms with Crippen LogP contribution in [0.25, 0.3) is 0 Å². The third kappa shape index (κ3) is 3.96. The molecule has 0 saturated heterocycles. The van der Waals surface area contributed by atoms with E-state index < -0.39 is 0 Å². The maximum absolute atomic E-state index is 12.3. The molecule has 1 N–H and O–H groups in total. The Hall–Kier alpha value is -2.61. The highest BCUT2D eigenvalue weighted by molar-refractivity contribution is 7.15. The molecule has 0 bridgehead atoms. The van der Waals surface area contributed by atoms with Crippen molar-refractivity contribution < 1.29 is 14.4 Å². The van der Waals surface area contributed by atoms with E-state index in [-0.39, 0.29) is 30.7 Å². The number of fused-ring (bicyclic) bond motifs is 1. The maximum atomic E-state index is 12.3. The van der Waals surface area contributed by atoms with Crippen molar-refractivity contribution in [3.63, 3.8) is 0 Å². The van der Waals surface area contributed by atoms with Gasteiger partial charge in [-0.15, -0.1) is 10.2 Å². The summed E-state index contributed by atoms with van der Waals surface area (Å²) in [6.45, 7) is 2.18. The van der Waals surface area contributed by atoms with E-state index in [1.165, 1.54) is 11.3 Å². The molecule has 0 unspecified atom stereocenters. The first-order valence-electron chi connectivity index (χ1n) is 8.67. The Morgan fingerprint density at radius 3 is 2.46 bits per heavy atom. The van der Waals surface area contributed by atoms with Gasteiger partial charge in [0.05, 0.1) is 11.1 Å². The van der Waals surface area contributed by atoms with Crippen LogP contribution in [0.5, 0.6) is 0 Å². The zero-order chi connectivity index (χ0) is 18.5. The fourth-order valence-corrected chi connectivity index (χ4v) is 3.57. The smallest absolute Gasteiger partial charge is 0.261 e. The van der Waals surface area contributed by atoms with Gasteiger partial charge in [-0.2, -0.15) is 0 Å². The predicted molar refractivity (Wildman–Crippen MR) is 98.2 cm³/mol. The number of carbonyl (C=O) groups excluding carboxylic acids is 3. The van der Waals surface area contributed by atoms with Crippen molar-refractivity contribution in [1.82, 2.24) is 15.1 Å². The van der Waals surface area contributed by atoms with Crippen LogP contribution in [0.3, 0.4) is 0 Å². The van der Waals surface area contributed by atoms with E-state index in [2.05, 4.69) is 22.4 Å². The van der Waals surface area contributed by atoms with Crippen LogP contribution in [-0.2, 0) is 11.2 Å². The molecule has 0 saturated carbocycles. The highest BCUT2D eigenvalue weighted by Crippen LogP contribution is 2.23. The van der Waals surface area contributed by atoms with Gasteiger partial charge < -0.3 is 5.32 Å². The van der Waals surface area contributed by atoms with Gasteiger partial charge in [0.1, 0.15) is 5.01 Å². The van der Waals surface area contributed by atoms with E-state index in [0.29, 0.717) is 16.3 Å². The lowest BCUT2D eigenvalue weighted by atomic mass is 10.1. The van der Waals surface area contributed by atoms with Crippen LogP contribution in [0.1, 0.15) is 58.3 Å². The van der Waals surface area contributed by atoms with Gasteiger partial charge in [0.2, 0.25) is 11.0 Å². The SMILES string of the molecule is CCCCCc1nnc(NC(=O)CCN2C(=O)c3ccccc3C2=O)s1. The number of nitrogens with zero attached hydrogens (tertiary/aromatic N) is 3. The fourth-order valence-electron chi connectivity index (χ4n) is 2.77. The van der Waals surface area contributed by atoms with E-state index in [0.717, 1.165) is 35.6 Å². The topological polar surface area (TPSA) is 92.3 Å². The first-order valence-corrected chi connectivity index (χ1v) is 9.49. The van der Waals surface area contributed by atoms with E-state index >= 15 is 0 Å².